The maximum Gasteiger partial charge on any atom is 0.504 e. The lowest BCUT2D eigenvalue weighted by Gasteiger charge is -2.40. The first-order valence-electron chi connectivity index (χ1n) is 5.85. The SMILES string of the molecule is CO[Si](OC)(OC)C(CCNC(=O)O)C(C)(C)C. The molecule has 18 heavy (non-hydrogen) atoms. The highest BCUT2D eigenvalue weighted by atomic mass is 28.4. The lowest BCUT2D eigenvalue weighted by atomic mass is 9.89. The highest BCUT2D eigenvalue weighted by molar-refractivity contribution is 6.62. The summed E-state index contributed by atoms with van der Waals surface area (Å²) in [6.07, 6.45) is -0.417. The molecule has 1 unspecified atom stereocenters. The van der Waals surface area contributed by atoms with Crippen molar-refractivity contribution in [2.75, 3.05) is 27.9 Å². The summed E-state index contributed by atoms with van der Waals surface area (Å²) in [6, 6.07) is 0. The third-order valence-electron chi connectivity index (χ3n) is 3.03. The van der Waals surface area contributed by atoms with E-state index in [4.69, 9.17) is 18.4 Å². The molecule has 0 radical (unpaired) electrons. The van der Waals surface area contributed by atoms with E-state index in [0.29, 0.717) is 13.0 Å². The lowest BCUT2D eigenvalue weighted by molar-refractivity contribution is 0.0886. The molecular formula is C11H25NO5Si. The summed E-state index contributed by atoms with van der Waals surface area (Å²) in [5.41, 5.74) is -0.0918. The highest BCUT2D eigenvalue weighted by Crippen LogP contribution is 2.42. The molecule has 7 heteroatoms. The molecule has 0 aliphatic heterocycles. The van der Waals surface area contributed by atoms with Crippen LogP contribution in [0.15, 0.2) is 0 Å². The molecule has 0 aromatic carbocycles. The summed E-state index contributed by atoms with van der Waals surface area (Å²) in [4.78, 5) is 10.5. The molecule has 0 aromatic rings. The molecule has 0 spiro atoms. The summed E-state index contributed by atoms with van der Waals surface area (Å²) < 4.78 is 16.5. The van der Waals surface area contributed by atoms with Crippen molar-refractivity contribution in [2.24, 2.45) is 5.41 Å². The molecule has 0 aliphatic rings. The first-order valence-corrected chi connectivity index (χ1v) is 7.66. The molecule has 2 N–H and O–H groups in total. The van der Waals surface area contributed by atoms with Gasteiger partial charge >= 0.3 is 14.9 Å². The van der Waals surface area contributed by atoms with Gasteiger partial charge in [0.2, 0.25) is 0 Å². The van der Waals surface area contributed by atoms with E-state index in [0.717, 1.165) is 0 Å². The van der Waals surface area contributed by atoms with Crippen LogP contribution in [-0.4, -0.2) is 47.9 Å². The Hall–Kier alpha value is -0.633. The number of nitrogens with one attached hydrogen (secondary N) is 1. The molecule has 6 nitrogen and oxygen atoms in total. The van der Waals surface area contributed by atoms with E-state index in [1.54, 1.807) is 21.3 Å². The van der Waals surface area contributed by atoms with Gasteiger partial charge in [0.25, 0.3) is 0 Å². The van der Waals surface area contributed by atoms with Gasteiger partial charge in [-0.15, -0.1) is 0 Å². The summed E-state index contributed by atoms with van der Waals surface area (Å²) in [5, 5.41) is 11.0. The second kappa shape index (κ2) is 7.08. The van der Waals surface area contributed by atoms with Gasteiger partial charge < -0.3 is 23.7 Å². The quantitative estimate of drug-likeness (QED) is 0.696. The van der Waals surface area contributed by atoms with Crippen molar-refractivity contribution in [1.82, 2.24) is 5.32 Å². The highest BCUT2D eigenvalue weighted by Gasteiger charge is 2.52. The molecule has 1 atom stereocenters. The topological polar surface area (TPSA) is 77.0 Å². The van der Waals surface area contributed by atoms with Crippen LogP contribution in [0, 0.1) is 5.41 Å². The van der Waals surface area contributed by atoms with Crippen LogP contribution in [0.25, 0.3) is 0 Å². The van der Waals surface area contributed by atoms with Crippen molar-refractivity contribution in [3.05, 3.63) is 0 Å². The Balaban J connectivity index is 4.92. The van der Waals surface area contributed by atoms with E-state index in [-0.39, 0.29) is 11.0 Å². The average Bonchev–Trinajstić information content (AvgIpc) is 2.27. The third-order valence-corrected chi connectivity index (χ3v) is 6.75. The molecule has 0 aliphatic carbocycles. The molecular weight excluding hydrogens is 254 g/mol. The predicted molar refractivity (Wildman–Crippen MR) is 70.6 cm³/mol. The van der Waals surface area contributed by atoms with E-state index in [1.807, 2.05) is 0 Å². The fourth-order valence-corrected chi connectivity index (χ4v) is 5.05. The van der Waals surface area contributed by atoms with Gasteiger partial charge in [-0.25, -0.2) is 4.79 Å². The Bertz CT molecular complexity index is 254. The Labute approximate surface area is 110 Å². The molecule has 108 valence electrons. The Morgan fingerprint density at radius 3 is 1.94 bits per heavy atom. The van der Waals surface area contributed by atoms with Crippen LogP contribution < -0.4 is 5.32 Å². The fourth-order valence-electron chi connectivity index (χ4n) is 2.14. The summed E-state index contributed by atoms with van der Waals surface area (Å²) in [6.45, 7) is 6.55. The van der Waals surface area contributed by atoms with Gasteiger partial charge in [-0.1, -0.05) is 20.8 Å². The van der Waals surface area contributed by atoms with E-state index < -0.39 is 14.9 Å². The minimum atomic E-state index is -2.79. The van der Waals surface area contributed by atoms with Crippen LogP contribution in [0.3, 0.4) is 0 Å². The van der Waals surface area contributed by atoms with Crippen LogP contribution in [-0.2, 0) is 13.3 Å². The molecule has 0 fully saturated rings. The second-order valence-electron chi connectivity index (χ2n) is 5.16. The van der Waals surface area contributed by atoms with E-state index in [2.05, 4.69) is 26.1 Å². The zero-order valence-electron chi connectivity index (χ0n) is 12.1. The van der Waals surface area contributed by atoms with Crippen LogP contribution >= 0.6 is 0 Å². The normalized spacial score (nSPS) is 14.3. The smallest absolute Gasteiger partial charge is 0.465 e. The summed E-state index contributed by atoms with van der Waals surface area (Å²) in [7, 11) is 1.93. The first kappa shape index (κ1) is 17.4. The third kappa shape index (κ3) is 4.56. The Morgan fingerprint density at radius 2 is 1.67 bits per heavy atom. The van der Waals surface area contributed by atoms with Gasteiger partial charge in [0.05, 0.1) is 0 Å². The number of carboxylic acid groups (broad SMARTS) is 1. The van der Waals surface area contributed by atoms with Crippen molar-refractivity contribution in [3.8, 4) is 0 Å². The molecule has 0 saturated carbocycles. The van der Waals surface area contributed by atoms with Crippen LogP contribution in [0.1, 0.15) is 27.2 Å². The minimum absolute atomic E-state index is 0.0110. The lowest BCUT2D eigenvalue weighted by Crippen LogP contribution is -2.52. The number of hydrogen-bond donors (Lipinski definition) is 2. The zero-order chi connectivity index (χ0) is 14.4. The van der Waals surface area contributed by atoms with Crippen molar-refractivity contribution in [3.63, 3.8) is 0 Å². The average molecular weight is 279 g/mol. The minimum Gasteiger partial charge on any atom is -0.465 e. The first-order chi connectivity index (χ1) is 8.23. The second-order valence-corrected chi connectivity index (χ2v) is 8.28. The molecule has 1 amide bonds. The number of carbonyl (C=O) groups is 1. The molecule has 0 bridgehead atoms. The molecule has 0 aromatic heterocycles. The van der Waals surface area contributed by atoms with Crippen molar-refractivity contribution < 1.29 is 23.2 Å². The maximum absolute atomic E-state index is 10.5. The van der Waals surface area contributed by atoms with E-state index in [9.17, 15) is 4.79 Å². The summed E-state index contributed by atoms with van der Waals surface area (Å²) >= 11 is 0. The van der Waals surface area contributed by atoms with Gasteiger partial charge in [0.1, 0.15) is 0 Å². The molecule has 0 heterocycles. The molecule has 0 rings (SSSR count). The Morgan fingerprint density at radius 1 is 1.22 bits per heavy atom. The Kier molecular flexibility index (Phi) is 6.83. The predicted octanol–water partition coefficient (Wildman–Crippen LogP) is 1.94. The summed E-state index contributed by atoms with van der Waals surface area (Å²) in [5.74, 6) is 0. The number of amides is 1. The van der Waals surface area contributed by atoms with Gasteiger partial charge in [-0.3, -0.25) is 0 Å². The van der Waals surface area contributed by atoms with Crippen LogP contribution in [0.2, 0.25) is 5.54 Å². The van der Waals surface area contributed by atoms with Crippen molar-refractivity contribution in [1.29, 1.82) is 0 Å². The zero-order valence-corrected chi connectivity index (χ0v) is 13.1. The van der Waals surface area contributed by atoms with Crippen LogP contribution in [0.5, 0.6) is 0 Å². The van der Waals surface area contributed by atoms with Gasteiger partial charge in [0.15, 0.2) is 0 Å². The van der Waals surface area contributed by atoms with Crippen LogP contribution in [0.4, 0.5) is 4.79 Å². The standard InChI is InChI=1S/C11H25NO5Si/c1-11(2,3)9(7-8-12-10(13)14)18(15-4,16-5)17-6/h9,12H,7-8H2,1-6H3,(H,13,14). The monoisotopic (exact) mass is 279 g/mol. The van der Waals surface area contributed by atoms with Crippen molar-refractivity contribution >= 4 is 14.9 Å². The van der Waals surface area contributed by atoms with E-state index >= 15 is 0 Å². The van der Waals surface area contributed by atoms with Gasteiger partial charge in [-0.05, 0) is 11.8 Å². The molecule has 0 saturated heterocycles. The fraction of sp³-hybridized carbons (Fsp3) is 0.909. The largest absolute Gasteiger partial charge is 0.504 e. The maximum atomic E-state index is 10.5. The van der Waals surface area contributed by atoms with Gasteiger partial charge in [-0.2, -0.15) is 0 Å². The van der Waals surface area contributed by atoms with Crippen molar-refractivity contribution in [2.45, 2.75) is 32.7 Å². The van der Waals surface area contributed by atoms with E-state index in [1.165, 1.54) is 0 Å². The number of rotatable bonds is 7. The number of hydrogen-bond acceptors (Lipinski definition) is 4. The van der Waals surface area contributed by atoms with Gasteiger partial charge in [0, 0.05) is 33.4 Å².